The molecule has 0 radical (unpaired) electrons. The summed E-state index contributed by atoms with van der Waals surface area (Å²) in [6.07, 6.45) is 0. The van der Waals surface area contributed by atoms with E-state index in [0.29, 0.717) is 15.7 Å². The summed E-state index contributed by atoms with van der Waals surface area (Å²) in [5.74, 6) is 0. The smallest absolute Gasteiger partial charge is 0.321 e. The lowest BCUT2D eigenvalue weighted by atomic mass is 10.1. The van der Waals surface area contributed by atoms with Crippen LogP contribution in [-0.4, -0.2) is 37.1 Å². The lowest BCUT2D eigenvalue weighted by Gasteiger charge is -2.35. The number of likely N-dealkylation sites (N-methyl/N-ethyl adjacent to an activating group) is 1. The van der Waals surface area contributed by atoms with E-state index in [4.69, 9.17) is 23.2 Å². The van der Waals surface area contributed by atoms with Crippen molar-refractivity contribution in [3.63, 3.8) is 0 Å². The molecule has 0 spiro atoms. The van der Waals surface area contributed by atoms with Crippen LogP contribution in [0.25, 0.3) is 0 Å². The van der Waals surface area contributed by atoms with Gasteiger partial charge in [0.2, 0.25) is 0 Å². The van der Waals surface area contributed by atoms with E-state index in [1.807, 2.05) is 0 Å². The van der Waals surface area contributed by atoms with Crippen molar-refractivity contribution >= 4 is 34.9 Å². The fraction of sp³-hybridized carbons (Fsp3) is 0.364. The lowest BCUT2D eigenvalue weighted by molar-refractivity contribution is 0.180. The molecule has 1 aliphatic rings. The van der Waals surface area contributed by atoms with Gasteiger partial charge < -0.3 is 15.5 Å². The van der Waals surface area contributed by atoms with E-state index in [0.717, 1.165) is 13.1 Å². The summed E-state index contributed by atoms with van der Waals surface area (Å²) in [4.78, 5) is 13.6. The minimum Gasteiger partial charge on any atom is -0.322 e. The van der Waals surface area contributed by atoms with E-state index in [1.165, 1.54) is 0 Å². The summed E-state index contributed by atoms with van der Waals surface area (Å²) in [7, 11) is 1.76. The zero-order chi connectivity index (χ0) is 12.4. The van der Waals surface area contributed by atoms with Crippen LogP contribution >= 0.6 is 23.2 Å². The van der Waals surface area contributed by atoms with Gasteiger partial charge in [-0.25, -0.2) is 4.79 Å². The topological polar surface area (TPSA) is 44.4 Å². The molecule has 2 amide bonds. The van der Waals surface area contributed by atoms with Crippen molar-refractivity contribution in [2.45, 2.75) is 6.04 Å². The normalized spacial score (nSPS) is 15.2. The first kappa shape index (κ1) is 12.5. The lowest BCUT2D eigenvalue weighted by Crippen LogP contribution is -2.58. The Kier molecular flexibility index (Phi) is 3.76. The second-order valence-corrected chi connectivity index (χ2v) is 4.82. The van der Waals surface area contributed by atoms with Gasteiger partial charge in [0, 0.05) is 25.2 Å². The molecule has 1 aromatic carbocycles. The van der Waals surface area contributed by atoms with Gasteiger partial charge in [0.05, 0.1) is 16.8 Å². The van der Waals surface area contributed by atoms with Gasteiger partial charge in [0.1, 0.15) is 0 Å². The zero-order valence-electron chi connectivity index (χ0n) is 9.34. The molecule has 92 valence electrons. The van der Waals surface area contributed by atoms with Crippen molar-refractivity contribution in [2.24, 2.45) is 0 Å². The van der Waals surface area contributed by atoms with Crippen LogP contribution in [0.5, 0.6) is 0 Å². The third kappa shape index (κ3) is 2.83. The number of carbonyl (C=O) groups excluding carboxylic acids is 1. The van der Waals surface area contributed by atoms with Gasteiger partial charge >= 0.3 is 6.03 Å². The average molecular weight is 274 g/mol. The maximum Gasteiger partial charge on any atom is 0.321 e. The molecule has 2 N–H and O–H groups in total. The van der Waals surface area contributed by atoms with Crippen LogP contribution in [-0.2, 0) is 0 Å². The quantitative estimate of drug-likeness (QED) is 0.870. The highest BCUT2D eigenvalue weighted by Crippen LogP contribution is 2.25. The molecule has 0 saturated carbocycles. The second-order valence-electron chi connectivity index (χ2n) is 3.98. The zero-order valence-corrected chi connectivity index (χ0v) is 10.8. The number of hydrogen-bond acceptors (Lipinski definition) is 2. The summed E-state index contributed by atoms with van der Waals surface area (Å²) in [6.45, 7) is 1.65. The van der Waals surface area contributed by atoms with Gasteiger partial charge in [-0.2, -0.15) is 0 Å². The molecule has 17 heavy (non-hydrogen) atoms. The molecule has 0 aromatic heterocycles. The van der Waals surface area contributed by atoms with Gasteiger partial charge in [-0.05, 0) is 18.2 Å². The fourth-order valence-electron chi connectivity index (χ4n) is 1.51. The third-order valence-corrected chi connectivity index (χ3v) is 3.36. The van der Waals surface area contributed by atoms with Gasteiger partial charge in [0.15, 0.2) is 0 Å². The van der Waals surface area contributed by atoms with E-state index < -0.39 is 0 Å². The molecule has 0 bridgehead atoms. The Hall–Kier alpha value is -0.970. The Morgan fingerprint density at radius 2 is 2.18 bits per heavy atom. The van der Waals surface area contributed by atoms with Crippen LogP contribution in [0.2, 0.25) is 10.0 Å². The molecule has 2 rings (SSSR count). The number of rotatable bonds is 2. The number of urea groups is 1. The predicted molar refractivity (Wildman–Crippen MR) is 69.9 cm³/mol. The van der Waals surface area contributed by atoms with Crippen molar-refractivity contribution in [1.82, 2.24) is 10.2 Å². The van der Waals surface area contributed by atoms with E-state index in [1.54, 1.807) is 30.1 Å². The van der Waals surface area contributed by atoms with Crippen LogP contribution < -0.4 is 10.6 Å². The van der Waals surface area contributed by atoms with Crippen molar-refractivity contribution in [2.75, 3.05) is 25.5 Å². The minimum atomic E-state index is -0.180. The Balaban J connectivity index is 2.04. The molecule has 0 atom stereocenters. The Labute approximate surface area is 110 Å². The maximum atomic E-state index is 11.9. The summed E-state index contributed by atoms with van der Waals surface area (Å²) < 4.78 is 0. The second kappa shape index (κ2) is 5.12. The monoisotopic (exact) mass is 273 g/mol. The molecule has 1 aliphatic heterocycles. The average Bonchev–Trinajstić information content (AvgIpc) is 2.21. The highest BCUT2D eigenvalue weighted by Gasteiger charge is 2.25. The number of anilines is 1. The largest absolute Gasteiger partial charge is 0.322 e. The van der Waals surface area contributed by atoms with Crippen LogP contribution in [0, 0.1) is 0 Å². The molecule has 1 aromatic rings. The van der Waals surface area contributed by atoms with E-state index in [2.05, 4.69) is 10.6 Å². The standard InChI is InChI=1S/C11H13Cl2N3O/c1-16(8-5-14-6-8)11(17)15-10-4-7(12)2-3-9(10)13/h2-4,8,14H,5-6H2,1H3,(H,15,17). The molecular weight excluding hydrogens is 261 g/mol. The van der Waals surface area contributed by atoms with E-state index in [-0.39, 0.29) is 12.1 Å². The van der Waals surface area contributed by atoms with E-state index in [9.17, 15) is 4.79 Å². The van der Waals surface area contributed by atoms with Crippen molar-refractivity contribution in [3.05, 3.63) is 28.2 Å². The number of nitrogens with one attached hydrogen (secondary N) is 2. The van der Waals surface area contributed by atoms with Crippen LogP contribution in [0.1, 0.15) is 0 Å². The number of benzene rings is 1. The fourth-order valence-corrected chi connectivity index (χ4v) is 1.85. The van der Waals surface area contributed by atoms with Crippen LogP contribution in [0.4, 0.5) is 10.5 Å². The van der Waals surface area contributed by atoms with Gasteiger partial charge in [-0.15, -0.1) is 0 Å². The van der Waals surface area contributed by atoms with Crippen LogP contribution in [0.3, 0.4) is 0 Å². The SMILES string of the molecule is CN(C(=O)Nc1cc(Cl)ccc1Cl)C1CNC1. The van der Waals surface area contributed by atoms with Crippen molar-refractivity contribution < 1.29 is 4.79 Å². The first-order valence-corrected chi connectivity index (χ1v) is 6.03. The maximum absolute atomic E-state index is 11.9. The molecule has 1 fully saturated rings. The summed E-state index contributed by atoms with van der Waals surface area (Å²) >= 11 is 11.8. The number of carbonyl (C=O) groups is 1. The third-order valence-electron chi connectivity index (χ3n) is 2.80. The molecule has 0 aliphatic carbocycles. The number of halogens is 2. The highest BCUT2D eigenvalue weighted by molar-refractivity contribution is 6.35. The molecule has 0 unspecified atom stereocenters. The van der Waals surface area contributed by atoms with E-state index >= 15 is 0 Å². The number of amides is 2. The van der Waals surface area contributed by atoms with Gasteiger partial charge in [0.25, 0.3) is 0 Å². The van der Waals surface area contributed by atoms with Crippen molar-refractivity contribution in [1.29, 1.82) is 0 Å². The Morgan fingerprint density at radius 3 is 2.76 bits per heavy atom. The first-order chi connectivity index (χ1) is 8.08. The number of hydrogen-bond donors (Lipinski definition) is 2. The molecular formula is C11H13Cl2N3O. The summed E-state index contributed by atoms with van der Waals surface area (Å²) in [5.41, 5.74) is 0.531. The molecule has 1 heterocycles. The van der Waals surface area contributed by atoms with Crippen molar-refractivity contribution in [3.8, 4) is 0 Å². The van der Waals surface area contributed by atoms with Crippen LogP contribution in [0.15, 0.2) is 18.2 Å². The Bertz CT molecular complexity index is 435. The number of nitrogens with zero attached hydrogens (tertiary/aromatic N) is 1. The minimum absolute atomic E-state index is 0.180. The molecule has 4 nitrogen and oxygen atoms in total. The van der Waals surface area contributed by atoms with Gasteiger partial charge in [-0.3, -0.25) is 0 Å². The predicted octanol–water partition coefficient (Wildman–Crippen LogP) is 2.43. The summed E-state index contributed by atoms with van der Waals surface area (Å²) in [5, 5.41) is 6.87. The molecule has 6 heteroatoms. The summed E-state index contributed by atoms with van der Waals surface area (Å²) in [6, 6.07) is 5.03. The highest BCUT2D eigenvalue weighted by atomic mass is 35.5. The van der Waals surface area contributed by atoms with Gasteiger partial charge in [-0.1, -0.05) is 23.2 Å². The molecule has 1 saturated heterocycles. The Morgan fingerprint density at radius 1 is 1.47 bits per heavy atom. The first-order valence-electron chi connectivity index (χ1n) is 5.27.